The molecule has 6 heteroatoms. The van der Waals surface area contributed by atoms with Crippen LogP contribution in [0.15, 0.2) is 66.7 Å². The quantitative estimate of drug-likeness (QED) is 0.561. The molecule has 0 bridgehead atoms. The average Bonchev–Trinajstić information content (AvgIpc) is 2.73. The Balaban J connectivity index is 1.80. The number of rotatable bonds is 7. The molecule has 0 unspecified atom stereocenters. The maximum absolute atomic E-state index is 12.8. The average molecular weight is 437 g/mol. The SMILES string of the molecule is CCc1cccc(C)c1NC(=O)c1ccc(CN(c2cccc(C)c2)S(C)(=O)=O)cc1. The molecule has 0 aliphatic rings. The summed E-state index contributed by atoms with van der Waals surface area (Å²) in [5.74, 6) is -0.186. The van der Waals surface area contributed by atoms with E-state index >= 15 is 0 Å². The summed E-state index contributed by atoms with van der Waals surface area (Å²) in [7, 11) is -3.46. The molecule has 0 fully saturated rings. The number of hydrogen-bond donors (Lipinski definition) is 1. The first-order valence-electron chi connectivity index (χ1n) is 10.2. The third kappa shape index (κ3) is 5.52. The van der Waals surface area contributed by atoms with Gasteiger partial charge in [-0.15, -0.1) is 0 Å². The summed E-state index contributed by atoms with van der Waals surface area (Å²) < 4.78 is 26.1. The Kier molecular flexibility index (Phi) is 6.81. The highest BCUT2D eigenvalue weighted by Gasteiger charge is 2.18. The molecule has 3 aromatic rings. The van der Waals surface area contributed by atoms with Crippen LogP contribution in [-0.4, -0.2) is 20.6 Å². The van der Waals surface area contributed by atoms with Crippen molar-refractivity contribution >= 4 is 27.3 Å². The van der Waals surface area contributed by atoms with E-state index in [1.807, 2.05) is 50.2 Å². The van der Waals surface area contributed by atoms with E-state index in [0.29, 0.717) is 11.3 Å². The van der Waals surface area contributed by atoms with E-state index in [0.717, 1.165) is 34.4 Å². The first-order chi connectivity index (χ1) is 14.7. The van der Waals surface area contributed by atoms with Crippen molar-refractivity contribution in [2.75, 3.05) is 15.9 Å². The van der Waals surface area contributed by atoms with Gasteiger partial charge in [-0.2, -0.15) is 0 Å². The van der Waals surface area contributed by atoms with Crippen molar-refractivity contribution in [1.29, 1.82) is 0 Å². The Morgan fingerprint density at radius 2 is 1.65 bits per heavy atom. The summed E-state index contributed by atoms with van der Waals surface area (Å²) in [5.41, 5.74) is 5.89. The van der Waals surface area contributed by atoms with Gasteiger partial charge in [-0.05, 0) is 66.8 Å². The van der Waals surface area contributed by atoms with Crippen LogP contribution in [0, 0.1) is 13.8 Å². The van der Waals surface area contributed by atoms with Crippen molar-refractivity contribution in [3.05, 3.63) is 94.5 Å². The lowest BCUT2D eigenvalue weighted by Crippen LogP contribution is -2.29. The number of anilines is 2. The molecule has 1 N–H and O–H groups in total. The normalized spacial score (nSPS) is 11.2. The number of benzene rings is 3. The van der Waals surface area contributed by atoms with Crippen LogP contribution in [0.4, 0.5) is 11.4 Å². The lowest BCUT2D eigenvalue weighted by molar-refractivity contribution is 0.102. The molecular formula is C25H28N2O3S. The number of para-hydroxylation sites is 1. The summed E-state index contributed by atoms with van der Waals surface area (Å²) >= 11 is 0. The third-order valence-corrected chi connectivity index (χ3v) is 6.35. The predicted octanol–water partition coefficient (Wildman–Crippen LogP) is 5.08. The van der Waals surface area contributed by atoms with E-state index in [1.165, 1.54) is 10.6 Å². The zero-order valence-electron chi connectivity index (χ0n) is 18.3. The van der Waals surface area contributed by atoms with Gasteiger partial charge >= 0.3 is 0 Å². The Labute approximate surface area is 184 Å². The van der Waals surface area contributed by atoms with Crippen LogP contribution >= 0.6 is 0 Å². The summed E-state index contributed by atoms with van der Waals surface area (Å²) in [4.78, 5) is 12.8. The molecule has 0 saturated heterocycles. The van der Waals surface area contributed by atoms with Gasteiger partial charge in [-0.1, -0.05) is 49.4 Å². The Morgan fingerprint density at radius 3 is 2.26 bits per heavy atom. The molecule has 5 nitrogen and oxygen atoms in total. The molecule has 0 aliphatic heterocycles. The molecule has 0 radical (unpaired) electrons. The number of sulfonamides is 1. The molecule has 0 atom stereocenters. The van der Waals surface area contributed by atoms with Crippen LogP contribution in [0.2, 0.25) is 0 Å². The topological polar surface area (TPSA) is 66.5 Å². The van der Waals surface area contributed by atoms with Gasteiger partial charge in [0.1, 0.15) is 0 Å². The first kappa shape index (κ1) is 22.6. The number of nitrogens with zero attached hydrogens (tertiary/aromatic N) is 1. The molecule has 0 aromatic heterocycles. The van der Waals surface area contributed by atoms with Crippen molar-refractivity contribution in [1.82, 2.24) is 0 Å². The smallest absolute Gasteiger partial charge is 0.255 e. The zero-order chi connectivity index (χ0) is 22.6. The highest BCUT2D eigenvalue weighted by molar-refractivity contribution is 7.92. The van der Waals surface area contributed by atoms with E-state index in [-0.39, 0.29) is 12.5 Å². The van der Waals surface area contributed by atoms with Crippen LogP contribution < -0.4 is 9.62 Å². The van der Waals surface area contributed by atoms with Crippen molar-refractivity contribution in [3.63, 3.8) is 0 Å². The number of carbonyl (C=O) groups excluding carboxylic acids is 1. The first-order valence-corrected chi connectivity index (χ1v) is 12.1. The lowest BCUT2D eigenvalue weighted by atomic mass is 10.0. The van der Waals surface area contributed by atoms with Crippen LogP contribution in [0.1, 0.15) is 39.5 Å². The minimum absolute atomic E-state index is 0.186. The number of carbonyl (C=O) groups is 1. The third-order valence-electron chi connectivity index (χ3n) is 5.21. The molecule has 31 heavy (non-hydrogen) atoms. The van der Waals surface area contributed by atoms with Crippen LogP contribution in [0.3, 0.4) is 0 Å². The number of hydrogen-bond acceptors (Lipinski definition) is 3. The molecule has 0 heterocycles. The molecule has 3 aromatic carbocycles. The summed E-state index contributed by atoms with van der Waals surface area (Å²) in [5, 5.41) is 3.02. The van der Waals surface area contributed by atoms with Crippen molar-refractivity contribution in [3.8, 4) is 0 Å². The van der Waals surface area contributed by atoms with Gasteiger partial charge in [-0.3, -0.25) is 9.10 Å². The van der Waals surface area contributed by atoms with Gasteiger partial charge < -0.3 is 5.32 Å². The molecule has 1 amide bonds. The second-order valence-corrected chi connectivity index (χ2v) is 9.63. The maximum atomic E-state index is 12.8. The fourth-order valence-electron chi connectivity index (χ4n) is 3.50. The lowest BCUT2D eigenvalue weighted by Gasteiger charge is -2.23. The Morgan fingerprint density at radius 1 is 0.968 bits per heavy atom. The van der Waals surface area contributed by atoms with Gasteiger partial charge in [0.2, 0.25) is 10.0 Å². The standard InChI is InChI=1S/C25H28N2O3S/c1-5-21-10-7-9-19(3)24(21)26-25(28)22-14-12-20(13-15-22)17-27(31(4,29)30)23-11-6-8-18(2)16-23/h6-16H,5,17H2,1-4H3,(H,26,28). The van der Waals surface area contributed by atoms with E-state index in [2.05, 4.69) is 12.2 Å². The van der Waals surface area contributed by atoms with Gasteiger partial charge in [0.05, 0.1) is 18.5 Å². The van der Waals surface area contributed by atoms with Gasteiger partial charge in [0.15, 0.2) is 0 Å². The van der Waals surface area contributed by atoms with Gasteiger partial charge in [0, 0.05) is 11.3 Å². The molecule has 162 valence electrons. The fraction of sp³-hybridized carbons (Fsp3) is 0.240. The second-order valence-electron chi connectivity index (χ2n) is 7.72. The van der Waals surface area contributed by atoms with Crippen molar-refractivity contribution in [2.45, 2.75) is 33.7 Å². The van der Waals surface area contributed by atoms with Crippen molar-refractivity contribution in [2.24, 2.45) is 0 Å². The van der Waals surface area contributed by atoms with Gasteiger partial charge in [0.25, 0.3) is 5.91 Å². The predicted molar refractivity (Wildman–Crippen MR) is 127 cm³/mol. The number of amides is 1. The van der Waals surface area contributed by atoms with Gasteiger partial charge in [-0.25, -0.2) is 8.42 Å². The summed E-state index contributed by atoms with van der Waals surface area (Å²) in [6, 6.07) is 20.4. The molecular weight excluding hydrogens is 408 g/mol. The molecule has 0 saturated carbocycles. The number of aryl methyl sites for hydroxylation is 3. The van der Waals surface area contributed by atoms with Crippen LogP contribution in [0.5, 0.6) is 0 Å². The Bertz CT molecular complexity index is 1190. The van der Waals surface area contributed by atoms with E-state index < -0.39 is 10.0 Å². The second kappa shape index (κ2) is 9.35. The Hall–Kier alpha value is -3.12. The molecule has 0 aliphatic carbocycles. The highest BCUT2D eigenvalue weighted by atomic mass is 32.2. The van der Waals surface area contributed by atoms with Crippen LogP contribution in [0.25, 0.3) is 0 Å². The zero-order valence-corrected chi connectivity index (χ0v) is 19.2. The highest BCUT2D eigenvalue weighted by Crippen LogP contribution is 2.24. The van der Waals surface area contributed by atoms with E-state index in [1.54, 1.807) is 30.3 Å². The molecule has 3 rings (SSSR count). The maximum Gasteiger partial charge on any atom is 0.255 e. The summed E-state index contributed by atoms with van der Waals surface area (Å²) in [6.07, 6.45) is 2.03. The van der Waals surface area contributed by atoms with Crippen LogP contribution in [-0.2, 0) is 23.0 Å². The monoisotopic (exact) mass is 436 g/mol. The summed E-state index contributed by atoms with van der Waals surface area (Å²) in [6.45, 7) is 6.15. The molecule has 0 spiro atoms. The minimum Gasteiger partial charge on any atom is -0.321 e. The fourth-order valence-corrected chi connectivity index (χ4v) is 4.38. The minimum atomic E-state index is -3.46. The van der Waals surface area contributed by atoms with Crippen molar-refractivity contribution < 1.29 is 13.2 Å². The largest absolute Gasteiger partial charge is 0.321 e. The van der Waals surface area contributed by atoms with E-state index in [9.17, 15) is 13.2 Å². The number of nitrogens with one attached hydrogen (secondary N) is 1. The van der Waals surface area contributed by atoms with E-state index in [4.69, 9.17) is 0 Å².